The quantitative estimate of drug-likeness (QED) is 0.485. The van der Waals surface area contributed by atoms with E-state index in [4.69, 9.17) is 0 Å². The van der Waals surface area contributed by atoms with Gasteiger partial charge >= 0.3 is 0 Å². The van der Waals surface area contributed by atoms with Gasteiger partial charge < -0.3 is 14.4 Å². The molecule has 2 aromatic carbocycles. The van der Waals surface area contributed by atoms with Gasteiger partial charge in [0.25, 0.3) is 11.7 Å². The van der Waals surface area contributed by atoms with Gasteiger partial charge in [-0.05, 0) is 43.4 Å². The SMILES string of the molecule is O=C(C(=O)N1CCCc2ccccc21)c1cn(CC(=O)N2CCCC2)c2ccccc12. The molecule has 5 rings (SSSR count). The van der Waals surface area contributed by atoms with Crippen molar-refractivity contribution in [3.05, 3.63) is 65.9 Å². The molecule has 158 valence electrons. The third-order valence-electron chi connectivity index (χ3n) is 6.35. The van der Waals surface area contributed by atoms with E-state index in [0.717, 1.165) is 55.5 Å². The molecule has 0 atom stereocenters. The Morgan fingerprint density at radius 1 is 0.839 bits per heavy atom. The average molecular weight is 415 g/mol. The molecule has 3 heterocycles. The molecule has 0 radical (unpaired) electrons. The number of hydrogen-bond acceptors (Lipinski definition) is 3. The molecule has 0 bridgehead atoms. The van der Waals surface area contributed by atoms with E-state index in [-0.39, 0.29) is 12.5 Å². The van der Waals surface area contributed by atoms with Gasteiger partial charge in [-0.25, -0.2) is 0 Å². The van der Waals surface area contributed by atoms with Crippen molar-refractivity contribution in [1.29, 1.82) is 0 Å². The molecule has 6 nitrogen and oxygen atoms in total. The minimum Gasteiger partial charge on any atom is -0.341 e. The Morgan fingerprint density at radius 2 is 1.58 bits per heavy atom. The monoisotopic (exact) mass is 415 g/mol. The lowest BCUT2D eigenvalue weighted by Gasteiger charge is -2.28. The van der Waals surface area contributed by atoms with Crippen LogP contribution in [0.25, 0.3) is 10.9 Å². The first kappa shape index (κ1) is 19.5. The highest BCUT2D eigenvalue weighted by atomic mass is 16.2. The summed E-state index contributed by atoms with van der Waals surface area (Å²) in [6.07, 6.45) is 5.49. The van der Waals surface area contributed by atoms with Crippen LogP contribution < -0.4 is 4.90 Å². The average Bonchev–Trinajstić information content (AvgIpc) is 3.47. The second-order valence-electron chi connectivity index (χ2n) is 8.29. The van der Waals surface area contributed by atoms with E-state index in [0.29, 0.717) is 17.5 Å². The van der Waals surface area contributed by atoms with E-state index in [1.165, 1.54) is 0 Å². The lowest BCUT2D eigenvalue weighted by molar-refractivity contribution is -0.130. The predicted molar refractivity (Wildman–Crippen MR) is 119 cm³/mol. The maximum absolute atomic E-state index is 13.3. The molecule has 2 aliphatic rings. The lowest BCUT2D eigenvalue weighted by atomic mass is 10.0. The summed E-state index contributed by atoms with van der Waals surface area (Å²) in [6, 6.07) is 15.2. The highest BCUT2D eigenvalue weighted by molar-refractivity contribution is 6.49. The summed E-state index contributed by atoms with van der Waals surface area (Å²) >= 11 is 0. The number of likely N-dealkylation sites (tertiary alicyclic amines) is 1. The molecule has 0 spiro atoms. The first-order valence-corrected chi connectivity index (χ1v) is 10.9. The van der Waals surface area contributed by atoms with Gasteiger partial charge in [-0.2, -0.15) is 0 Å². The number of amides is 2. The number of anilines is 1. The molecular formula is C25H25N3O3. The second kappa shape index (κ2) is 8.02. The van der Waals surface area contributed by atoms with E-state index in [2.05, 4.69) is 0 Å². The largest absolute Gasteiger partial charge is 0.341 e. The molecule has 0 unspecified atom stereocenters. The van der Waals surface area contributed by atoms with Crippen molar-refractivity contribution in [2.24, 2.45) is 0 Å². The van der Waals surface area contributed by atoms with Crippen molar-refractivity contribution in [1.82, 2.24) is 9.47 Å². The Bertz CT molecular complexity index is 1170. The number of aromatic nitrogens is 1. The van der Waals surface area contributed by atoms with Gasteiger partial charge in [0, 0.05) is 42.4 Å². The first-order chi connectivity index (χ1) is 15.1. The summed E-state index contributed by atoms with van der Waals surface area (Å²) in [7, 11) is 0. The van der Waals surface area contributed by atoms with Gasteiger partial charge in [0.15, 0.2) is 0 Å². The maximum Gasteiger partial charge on any atom is 0.299 e. The van der Waals surface area contributed by atoms with Crippen LogP contribution in [0, 0.1) is 0 Å². The smallest absolute Gasteiger partial charge is 0.299 e. The van der Waals surface area contributed by atoms with Crippen LogP contribution in [-0.2, 0) is 22.6 Å². The summed E-state index contributed by atoms with van der Waals surface area (Å²) in [5, 5.41) is 0.709. The molecule has 0 N–H and O–H groups in total. The van der Waals surface area contributed by atoms with Crippen LogP contribution in [0.2, 0.25) is 0 Å². The van der Waals surface area contributed by atoms with Crippen LogP contribution in [0.4, 0.5) is 5.69 Å². The van der Waals surface area contributed by atoms with Crippen LogP contribution in [0.15, 0.2) is 54.7 Å². The Labute approximate surface area is 181 Å². The third kappa shape index (κ3) is 3.52. The minimum atomic E-state index is -0.528. The molecule has 2 amide bonds. The summed E-state index contributed by atoms with van der Waals surface area (Å²) in [4.78, 5) is 42.7. The van der Waals surface area contributed by atoms with Crippen LogP contribution in [0.1, 0.15) is 35.2 Å². The number of carbonyl (C=O) groups is 3. The number of carbonyl (C=O) groups excluding carboxylic acids is 3. The molecule has 1 saturated heterocycles. The molecule has 3 aromatic rings. The highest BCUT2D eigenvalue weighted by Gasteiger charge is 2.30. The van der Waals surface area contributed by atoms with Gasteiger partial charge in [0.1, 0.15) is 6.54 Å². The number of aryl methyl sites for hydroxylation is 1. The lowest BCUT2D eigenvalue weighted by Crippen LogP contribution is -2.40. The van der Waals surface area contributed by atoms with Gasteiger partial charge in [-0.15, -0.1) is 0 Å². The first-order valence-electron chi connectivity index (χ1n) is 10.9. The van der Waals surface area contributed by atoms with Crippen molar-refractivity contribution < 1.29 is 14.4 Å². The Balaban J connectivity index is 1.47. The molecule has 1 fully saturated rings. The fourth-order valence-electron chi connectivity index (χ4n) is 4.75. The van der Waals surface area contributed by atoms with E-state index >= 15 is 0 Å². The number of hydrogen-bond donors (Lipinski definition) is 0. The standard InChI is InChI=1S/C25H25N3O3/c29-23(26-13-5-6-14-26)17-27-16-20(19-10-2-4-12-22(19)27)24(30)25(31)28-15-7-9-18-8-1-3-11-21(18)28/h1-4,8,10-12,16H,5-7,9,13-15,17H2. The fourth-order valence-corrected chi connectivity index (χ4v) is 4.75. The van der Waals surface area contributed by atoms with E-state index in [9.17, 15) is 14.4 Å². The number of ketones is 1. The topological polar surface area (TPSA) is 62.6 Å². The molecule has 1 aromatic heterocycles. The number of fused-ring (bicyclic) bond motifs is 2. The fraction of sp³-hybridized carbons (Fsp3) is 0.320. The molecule has 2 aliphatic heterocycles. The highest BCUT2D eigenvalue weighted by Crippen LogP contribution is 2.29. The zero-order valence-corrected chi connectivity index (χ0v) is 17.4. The van der Waals surface area contributed by atoms with Crippen LogP contribution in [-0.4, -0.2) is 46.7 Å². The summed E-state index contributed by atoms with van der Waals surface area (Å²) < 4.78 is 1.81. The van der Waals surface area contributed by atoms with Crippen LogP contribution >= 0.6 is 0 Å². The van der Waals surface area contributed by atoms with Gasteiger partial charge in [-0.3, -0.25) is 14.4 Å². The predicted octanol–water partition coefficient (Wildman–Crippen LogP) is 3.43. The Kier molecular flexibility index (Phi) is 5.06. The summed E-state index contributed by atoms with van der Waals surface area (Å²) in [5.74, 6) is -0.991. The van der Waals surface area contributed by atoms with Crippen LogP contribution in [0.3, 0.4) is 0 Å². The zero-order chi connectivity index (χ0) is 21.4. The number of benzene rings is 2. The van der Waals surface area contributed by atoms with Crippen LogP contribution in [0.5, 0.6) is 0 Å². The Hall–Kier alpha value is -3.41. The van der Waals surface area contributed by atoms with E-state index < -0.39 is 11.7 Å². The summed E-state index contributed by atoms with van der Waals surface area (Å²) in [6.45, 7) is 2.29. The molecule has 31 heavy (non-hydrogen) atoms. The minimum absolute atomic E-state index is 0.0496. The van der Waals surface area contributed by atoms with Crippen molar-refractivity contribution >= 4 is 34.2 Å². The normalized spacial score (nSPS) is 15.9. The molecule has 0 aliphatic carbocycles. The van der Waals surface area contributed by atoms with E-state index in [1.807, 2.05) is 53.4 Å². The number of nitrogens with zero attached hydrogens (tertiary/aromatic N) is 3. The van der Waals surface area contributed by atoms with E-state index in [1.54, 1.807) is 15.7 Å². The van der Waals surface area contributed by atoms with Crippen molar-refractivity contribution in [2.45, 2.75) is 32.2 Å². The van der Waals surface area contributed by atoms with Gasteiger partial charge in [-0.1, -0.05) is 36.4 Å². The van der Waals surface area contributed by atoms with Crippen molar-refractivity contribution in [2.75, 3.05) is 24.5 Å². The number of rotatable bonds is 4. The third-order valence-corrected chi connectivity index (χ3v) is 6.35. The van der Waals surface area contributed by atoms with Crippen molar-refractivity contribution in [3.63, 3.8) is 0 Å². The van der Waals surface area contributed by atoms with Crippen molar-refractivity contribution in [3.8, 4) is 0 Å². The molecule has 0 saturated carbocycles. The zero-order valence-electron chi connectivity index (χ0n) is 17.4. The van der Waals surface area contributed by atoms with Gasteiger partial charge in [0.2, 0.25) is 5.91 Å². The summed E-state index contributed by atoms with van der Waals surface area (Å²) in [5.41, 5.74) is 3.07. The second-order valence-corrected chi connectivity index (χ2v) is 8.29. The number of Topliss-reactive ketones (excluding diaryl/α,β-unsaturated/α-hetero) is 1. The molecule has 6 heteroatoms. The molecular weight excluding hydrogens is 390 g/mol. The Morgan fingerprint density at radius 3 is 2.42 bits per heavy atom. The van der Waals surface area contributed by atoms with Gasteiger partial charge in [0.05, 0.1) is 5.56 Å². The maximum atomic E-state index is 13.3. The number of para-hydroxylation sites is 2.